The fourth-order valence-corrected chi connectivity index (χ4v) is 4.13. The summed E-state index contributed by atoms with van der Waals surface area (Å²) >= 11 is 0. The molecule has 1 unspecified atom stereocenters. The van der Waals surface area contributed by atoms with E-state index in [-0.39, 0.29) is 17.9 Å². The predicted octanol–water partition coefficient (Wildman–Crippen LogP) is 2.99. The SMILES string of the molecule is CC1(O)CCC(Nc2nc(NCCC3C(=O)Nc4ccccc43)ncc2C#N)CC1. The van der Waals surface area contributed by atoms with E-state index in [1.165, 1.54) is 6.20 Å². The molecule has 1 aromatic carbocycles. The highest BCUT2D eigenvalue weighted by Crippen LogP contribution is 2.34. The van der Waals surface area contributed by atoms with Gasteiger partial charge in [-0.3, -0.25) is 4.79 Å². The number of hydrogen-bond acceptors (Lipinski definition) is 7. The highest BCUT2D eigenvalue weighted by Gasteiger charge is 2.30. The number of amides is 1. The Morgan fingerprint density at radius 1 is 1.33 bits per heavy atom. The van der Waals surface area contributed by atoms with Crippen molar-refractivity contribution in [3.63, 3.8) is 0 Å². The van der Waals surface area contributed by atoms with Crippen molar-refractivity contribution in [3.8, 4) is 6.07 Å². The number of rotatable bonds is 6. The first kappa shape index (κ1) is 20.1. The zero-order valence-electron chi connectivity index (χ0n) is 17.0. The summed E-state index contributed by atoms with van der Waals surface area (Å²) in [6, 6.07) is 10.0. The number of carbonyl (C=O) groups is 1. The summed E-state index contributed by atoms with van der Waals surface area (Å²) < 4.78 is 0. The van der Waals surface area contributed by atoms with Crippen LogP contribution in [0.3, 0.4) is 0 Å². The number of aromatic nitrogens is 2. The van der Waals surface area contributed by atoms with Gasteiger partial charge in [-0.1, -0.05) is 18.2 Å². The van der Waals surface area contributed by atoms with E-state index >= 15 is 0 Å². The number of nitrogens with one attached hydrogen (secondary N) is 3. The van der Waals surface area contributed by atoms with Crippen molar-refractivity contribution >= 4 is 23.4 Å². The van der Waals surface area contributed by atoms with Crippen LogP contribution in [0.1, 0.15) is 56.1 Å². The number of benzene rings is 1. The van der Waals surface area contributed by atoms with Gasteiger partial charge in [0.05, 0.1) is 17.7 Å². The molecule has 0 saturated heterocycles. The lowest BCUT2D eigenvalue weighted by molar-refractivity contribution is -0.117. The van der Waals surface area contributed by atoms with Crippen LogP contribution in [-0.2, 0) is 4.79 Å². The Labute approximate surface area is 175 Å². The van der Waals surface area contributed by atoms with Crippen molar-refractivity contribution < 1.29 is 9.90 Å². The number of nitrogens with zero attached hydrogens (tertiary/aromatic N) is 3. The lowest BCUT2D eigenvalue weighted by Gasteiger charge is -2.33. The molecule has 8 heteroatoms. The average Bonchev–Trinajstić information content (AvgIpc) is 3.05. The molecular weight excluding hydrogens is 380 g/mol. The van der Waals surface area contributed by atoms with Crippen LogP contribution < -0.4 is 16.0 Å². The quantitative estimate of drug-likeness (QED) is 0.581. The lowest BCUT2D eigenvalue weighted by atomic mass is 9.83. The van der Waals surface area contributed by atoms with Gasteiger partial charge in [0.2, 0.25) is 11.9 Å². The number of para-hydroxylation sites is 1. The molecule has 1 aliphatic carbocycles. The molecule has 1 saturated carbocycles. The van der Waals surface area contributed by atoms with Crippen LogP contribution in [0.25, 0.3) is 0 Å². The van der Waals surface area contributed by atoms with Crippen LogP contribution in [0.15, 0.2) is 30.5 Å². The van der Waals surface area contributed by atoms with E-state index in [2.05, 4.69) is 32.0 Å². The Morgan fingerprint density at radius 3 is 2.87 bits per heavy atom. The number of fused-ring (bicyclic) bond motifs is 1. The van der Waals surface area contributed by atoms with E-state index in [0.29, 0.717) is 43.1 Å². The van der Waals surface area contributed by atoms with Gasteiger partial charge in [0.1, 0.15) is 17.5 Å². The van der Waals surface area contributed by atoms with Crippen LogP contribution in [-0.4, -0.2) is 39.2 Å². The number of carbonyl (C=O) groups excluding carboxylic acids is 1. The predicted molar refractivity (Wildman–Crippen MR) is 114 cm³/mol. The van der Waals surface area contributed by atoms with E-state index in [0.717, 1.165) is 24.1 Å². The van der Waals surface area contributed by atoms with Crippen molar-refractivity contribution in [2.45, 2.75) is 56.6 Å². The van der Waals surface area contributed by atoms with Crippen molar-refractivity contribution in [2.24, 2.45) is 0 Å². The second kappa shape index (κ2) is 8.28. The molecule has 1 fully saturated rings. The Bertz CT molecular complexity index is 974. The van der Waals surface area contributed by atoms with Gasteiger partial charge in [-0.2, -0.15) is 10.2 Å². The first-order valence-corrected chi connectivity index (χ1v) is 10.3. The minimum Gasteiger partial charge on any atom is -0.390 e. The first-order chi connectivity index (χ1) is 14.4. The fraction of sp³-hybridized carbons (Fsp3) is 0.455. The maximum Gasteiger partial charge on any atom is 0.232 e. The van der Waals surface area contributed by atoms with E-state index in [1.54, 1.807) is 0 Å². The Morgan fingerprint density at radius 2 is 2.10 bits per heavy atom. The molecule has 156 valence electrons. The zero-order chi connectivity index (χ0) is 21.1. The fourth-order valence-electron chi connectivity index (χ4n) is 4.13. The Kier molecular flexibility index (Phi) is 5.55. The third-order valence-electron chi connectivity index (χ3n) is 5.94. The molecule has 2 aliphatic rings. The van der Waals surface area contributed by atoms with Gasteiger partial charge in [0.25, 0.3) is 0 Å². The Hall–Kier alpha value is -3.18. The summed E-state index contributed by atoms with van der Waals surface area (Å²) in [6.45, 7) is 2.39. The van der Waals surface area contributed by atoms with E-state index in [4.69, 9.17) is 0 Å². The summed E-state index contributed by atoms with van der Waals surface area (Å²) in [7, 11) is 0. The number of aliphatic hydroxyl groups is 1. The number of anilines is 3. The van der Waals surface area contributed by atoms with Crippen molar-refractivity contribution in [1.82, 2.24) is 9.97 Å². The molecule has 1 atom stereocenters. The molecule has 0 radical (unpaired) electrons. The van der Waals surface area contributed by atoms with Crippen LogP contribution in [0.4, 0.5) is 17.5 Å². The lowest BCUT2D eigenvalue weighted by Crippen LogP contribution is -2.36. The third-order valence-corrected chi connectivity index (χ3v) is 5.94. The molecule has 8 nitrogen and oxygen atoms in total. The first-order valence-electron chi connectivity index (χ1n) is 10.3. The summed E-state index contributed by atoms with van der Waals surface area (Å²) in [5.74, 6) is 0.741. The van der Waals surface area contributed by atoms with E-state index in [1.807, 2.05) is 31.2 Å². The molecule has 2 heterocycles. The minimum absolute atomic E-state index is 0.00860. The van der Waals surface area contributed by atoms with Crippen molar-refractivity contribution in [3.05, 3.63) is 41.6 Å². The molecule has 2 aromatic rings. The smallest absolute Gasteiger partial charge is 0.232 e. The van der Waals surface area contributed by atoms with Gasteiger partial charge in [-0.05, 0) is 50.7 Å². The maximum atomic E-state index is 12.2. The third kappa shape index (κ3) is 4.36. The molecule has 4 rings (SSSR count). The maximum absolute atomic E-state index is 12.2. The molecule has 1 aliphatic heterocycles. The monoisotopic (exact) mass is 406 g/mol. The molecule has 0 spiro atoms. The molecule has 0 bridgehead atoms. The van der Waals surface area contributed by atoms with Gasteiger partial charge in [0.15, 0.2) is 0 Å². The molecule has 1 amide bonds. The van der Waals surface area contributed by atoms with E-state index < -0.39 is 5.60 Å². The van der Waals surface area contributed by atoms with Gasteiger partial charge < -0.3 is 21.1 Å². The van der Waals surface area contributed by atoms with Crippen LogP contribution in [0.5, 0.6) is 0 Å². The summed E-state index contributed by atoms with van der Waals surface area (Å²) in [4.78, 5) is 21.0. The largest absolute Gasteiger partial charge is 0.390 e. The normalized spacial score (nSPS) is 25.2. The van der Waals surface area contributed by atoms with Crippen LogP contribution >= 0.6 is 0 Å². The van der Waals surface area contributed by atoms with Gasteiger partial charge in [0, 0.05) is 18.3 Å². The average molecular weight is 406 g/mol. The summed E-state index contributed by atoms with van der Waals surface area (Å²) in [6.07, 6.45) is 5.20. The van der Waals surface area contributed by atoms with Crippen LogP contribution in [0, 0.1) is 11.3 Å². The topological polar surface area (TPSA) is 123 Å². The van der Waals surface area contributed by atoms with Crippen molar-refractivity contribution in [1.29, 1.82) is 5.26 Å². The second-order valence-corrected chi connectivity index (χ2v) is 8.33. The molecule has 1 aromatic heterocycles. The standard InChI is InChI=1S/C22H26N6O2/c1-22(30)9-6-15(7-10-22)26-19-14(12-23)13-25-21(28-19)24-11-8-17-16-4-2-3-5-18(16)27-20(17)29/h2-5,13,15,17,30H,6-11H2,1H3,(H,27,29)(H2,24,25,26,28). The molecule has 30 heavy (non-hydrogen) atoms. The van der Waals surface area contributed by atoms with Gasteiger partial charge in [-0.25, -0.2) is 4.98 Å². The minimum atomic E-state index is -0.611. The molecule has 4 N–H and O–H groups in total. The van der Waals surface area contributed by atoms with Crippen LogP contribution in [0.2, 0.25) is 0 Å². The summed E-state index contributed by atoms with van der Waals surface area (Å²) in [5, 5.41) is 28.9. The number of nitriles is 1. The highest BCUT2D eigenvalue weighted by atomic mass is 16.3. The number of hydrogen-bond donors (Lipinski definition) is 4. The molecular formula is C22H26N6O2. The second-order valence-electron chi connectivity index (χ2n) is 8.33. The highest BCUT2D eigenvalue weighted by molar-refractivity contribution is 6.02. The Balaban J connectivity index is 1.38. The van der Waals surface area contributed by atoms with Crippen molar-refractivity contribution in [2.75, 3.05) is 22.5 Å². The van der Waals surface area contributed by atoms with E-state index in [9.17, 15) is 15.2 Å². The van der Waals surface area contributed by atoms with Gasteiger partial charge >= 0.3 is 0 Å². The van der Waals surface area contributed by atoms with Gasteiger partial charge in [-0.15, -0.1) is 0 Å². The zero-order valence-corrected chi connectivity index (χ0v) is 17.0. The summed E-state index contributed by atoms with van der Waals surface area (Å²) in [5.41, 5.74) is 1.67.